The molecule has 0 radical (unpaired) electrons. The van der Waals surface area contributed by atoms with E-state index in [1.165, 1.54) is 34.2 Å². The van der Waals surface area contributed by atoms with Crippen molar-refractivity contribution in [1.29, 1.82) is 0 Å². The molecule has 1 amide bonds. The lowest BCUT2D eigenvalue weighted by Crippen LogP contribution is -2.33. The van der Waals surface area contributed by atoms with Gasteiger partial charge in [-0.2, -0.15) is 0 Å². The van der Waals surface area contributed by atoms with Crippen molar-refractivity contribution >= 4 is 22.6 Å². The molecular formula is C27H36N4O4. The van der Waals surface area contributed by atoms with Gasteiger partial charge in [-0.1, -0.05) is 13.8 Å². The van der Waals surface area contributed by atoms with Crippen LogP contribution >= 0.6 is 0 Å². The number of hydrogen-bond donors (Lipinski definition) is 1. The fraction of sp³-hybridized carbons (Fsp3) is 0.481. The number of hydrogen-bond acceptors (Lipinski definition) is 6. The van der Waals surface area contributed by atoms with Crippen LogP contribution < -0.4 is 19.5 Å². The minimum atomic E-state index is -0.265. The van der Waals surface area contributed by atoms with Gasteiger partial charge in [-0.15, -0.1) is 0 Å². The maximum Gasteiger partial charge on any atom is 0.255 e. The van der Waals surface area contributed by atoms with E-state index in [1.54, 1.807) is 12.1 Å². The summed E-state index contributed by atoms with van der Waals surface area (Å²) < 4.78 is 18.4. The Bertz CT molecular complexity index is 1160. The quantitative estimate of drug-likeness (QED) is 0.467. The van der Waals surface area contributed by atoms with E-state index in [2.05, 4.69) is 28.6 Å². The third-order valence-corrected chi connectivity index (χ3v) is 6.70. The van der Waals surface area contributed by atoms with Crippen LogP contribution in [0.4, 0.5) is 5.69 Å². The van der Waals surface area contributed by atoms with Crippen LogP contribution in [0.25, 0.3) is 11.0 Å². The molecule has 2 heterocycles. The fourth-order valence-corrected chi connectivity index (χ4v) is 4.69. The summed E-state index contributed by atoms with van der Waals surface area (Å²) in [5.41, 5.74) is 3.09. The maximum atomic E-state index is 13.1. The molecule has 0 unspecified atom stereocenters. The van der Waals surface area contributed by atoms with Crippen molar-refractivity contribution in [3.05, 3.63) is 41.7 Å². The highest BCUT2D eigenvalue weighted by Crippen LogP contribution is 2.38. The van der Waals surface area contributed by atoms with Gasteiger partial charge in [-0.3, -0.25) is 9.69 Å². The number of benzene rings is 2. The van der Waals surface area contributed by atoms with Gasteiger partial charge in [-0.05, 0) is 68.6 Å². The number of carbonyl (C=O) groups excluding carboxylic acids is 1. The zero-order chi connectivity index (χ0) is 24.9. The number of fused-ring (bicyclic) bond motifs is 1. The molecule has 3 aromatic rings. The number of piperidine rings is 1. The minimum Gasteiger partial charge on any atom is -0.493 e. The first kappa shape index (κ1) is 24.9. The summed E-state index contributed by atoms with van der Waals surface area (Å²) in [6, 6.07) is 9.20. The van der Waals surface area contributed by atoms with Gasteiger partial charge in [0.2, 0.25) is 5.75 Å². The van der Waals surface area contributed by atoms with Crippen LogP contribution in [0.15, 0.2) is 30.3 Å². The number of carbonyl (C=O) groups is 1. The Morgan fingerprint density at radius 1 is 1.06 bits per heavy atom. The number of amides is 1. The van der Waals surface area contributed by atoms with Crippen LogP contribution in [-0.2, 0) is 13.1 Å². The van der Waals surface area contributed by atoms with Gasteiger partial charge in [0.05, 0.1) is 38.9 Å². The molecule has 0 bridgehead atoms. The Labute approximate surface area is 207 Å². The molecular weight excluding hydrogens is 444 g/mol. The summed E-state index contributed by atoms with van der Waals surface area (Å²) in [4.78, 5) is 20.5. The molecule has 1 N–H and O–H groups in total. The van der Waals surface area contributed by atoms with Crippen LogP contribution in [0.3, 0.4) is 0 Å². The first-order valence-electron chi connectivity index (χ1n) is 12.3. The molecule has 1 aliphatic rings. The Balaban J connectivity index is 1.58. The van der Waals surface area contributed by atoms with Crippen molar-refractivity contribution in [2.45, 2.75) is 46.2 Å². The number of rotatable bonds is 9. The molecule has 188 valence electrons. The van der Waals surface area contributed by atoms with E-state index in [-0.39, 0.29) is 5.91 Å². The van der Waals surface area contributed by atoms with Gasteiger partial charge in [0.15, 0.2) is 11.5 Å². The number of likely N-dealkylation sites (tertiary alicyclic amines) is 1. The average molecular weight is 481 g/mol. The van der Waals surface area contributed by atoms with Crippen LogP contribution in [0.5, 0.6) is 17.2 Å². The predicted octanol–water partition coefficient (Wildman–Crippen LogP) is 4.96. The molecule has 0 saturated carbocycles. The molecule has 1 fully saturated rings. The van der Waals surface area contributed by atoms with Crippen LogP contribution in [-0.4, -0.2) is 54.8 Å². The molecule has 1 aromatic heterocycles. The zero-order valence-corrected chi connectivity index (χ0v) is 21.4. The van der Waals surface area contributed by atoms with E-state index in [0.29, 0.717) is 28.5 Å². The van der Waals surface area contributed by atoms with Crippen molar-refractivity contribution in [3.8, 4) is 17.2 Å². The number of methoxy groups -OCH3 is 3. The van der Waals surface area contributed by atoms with Crippen LogP contribution in [0, 0.1) is 5.92 Å². The Kier molecular flexibility index (Phi) is 7.80. The number of aromatic nitrogens is 2. The molecule has 1 saturated heterocycles. The first-order valence-corrected chi connectivity index (χ1v) is 12.3. The Morgan fingerprint density at radius 3 is 2.34 bits per heavy atom. The standard InChI is InChI=1S/C27H36N4O4/c1-6-11-31-22-8-7-20(16-21(22)29-25(31)17-30-12-9-18(2)10-13-30)28-27(32)19-14-23(33-3)26(35-5)24(15-19)34-4/h7-8,14-16,18H,6,9-13,17H2,1-5H3,(H,28,32). The lowest BCUT2D eigenvalue weighted by atomic mass is 9.99. The third-order valence-electron chi connectivity index (χ3n) is 6.70. The molecule has 2 aromatic carbocycles. The summed E-state index contributed by atoms with van der Waals surface area (Å²) in [7, 11) is 4.59. The van der Waals surface area contributed by atoms with E-state index in [1.807, 2.05) is 18.2 Å². The molecule has 35 heavy (non-hydrogen) atoms. The number of anilines is 1. The lowest BCUT2D eigenvalue weighted by Gasteiger charge is -2.29. The van der Waals surface area contributed by atoms with E-state index in [4.69, 9.17) is 19.2 Å². The summed E-state index contributed by atoms with van der Waals surface area (Å²) in [5, 5.41) is 2.99. The van der Waals surface area contributed by atoms with Crippen molar-refractivity contribution < 1.29 is 19.0 Å². The molecule has 0 atom stereocenters. The van der Waals surface area contributed by atoms with Crippen LogP contribution in [0.2, 0.25) is 0 Å². The summed E-state index contributed by atoms with van der Waals surface area (Å²) in [6.45, 7) is 8.53. The highest BCUT2D eigenvalue weighted by atomic mass is 16.5. The maximum absolute atomic E-state index is 13.1. The number of aryl methyl sites for hydroxylation is 1. The van der Waals surface area contributed by atoms with Crippen molar-refractivity contribution in [1.82, 2.24) is 14.5 Å². The highest BCUT2D eigenvalue weighted by Gasteiger charge is 2.20. The van der Waals surface area contributed by atoms with Crippen molar-refractivity contribution in [3.63, 3.8) is 0 Å². The average Bonchev–Trinajstić information content (AvgIpc) is 3.20. The monoisotopic (exact) mass is 480 g/mol. The molecule has 8 heteroatoms. The molecule has 1 aliphatic heterocycles. The largest absolute Gasteiger partial charge is 0.493 e. The SMILES string of the molecule is CCCn1c(CN2CCC(C)CC2)nc2cc(NC(=O)c3cc(OC)c(OC)c(OC)c3)ccc21. The molecule has 8 nitrogen and oxygen atoms in total. The smallest absolute Gasteiger partial charge is 0.255 e. The first-order chi connectivity index (χ1) is 17.0. The van der Waals surface area contributed by atoms with Gasteiger partial charge in [0.1, 0.15) is 5.82 Å². The number of nitrogens with one attached hydrogen (secondary N) is 1. The second-order valence-electron chi connectivity index (χ2n) is 9.21. The van der Waals surface area contributed by atoms with Gasteiger partial charge in [0.25, 0.3) is 5.91 Å². The Morgan fingerprint density at radius 2 is 1.74 bits per heavy atom. The number of ether oxygens (including phenoxy) is 3. The topological polar surface area (TPSA) is 77.9 Å². The lowest BCUT2D eigenvalue weighted by molar-refractivity contribution is 0.102. The highest BCUT2D eigenvalue weighted by molar-refractivity contribution is 6.05. The zero-order valence-electron chi connectivity index (χ0n) is 21.4. The van der Waals surface area contributed by atoms with E-state index in [0.717, 1.165) is 55.4 Å². The van der Waals surface area contributed by atoms with Crippen molar-refractivity contribution in [2.75, 3.05) is 39.7 Å². The minimum absolute atomic E-state index is 0.265. The van der Waals surface area contributed by atoms with Gasteiger partial charge in [-0.25, -0.2) is 4.98 Å². The molecule has 4 rings (SSSR count). The molecule has 0 spiro atoms. The van der Waals surface area contributed by atoms with Gasteiger partial charge < -0.3 is 24.1 Å². The van der Waals surface area contributed by atoms with Gasteiger partial charge in [0, 0.05) is 17.8 Å². The Hall–Kier alpha value is -3.26. The second-order valence-corrected chi connectivity index (χ2v) is 9.21. The van der Waals surface area contributed by atoms with Crippen LogP contribution in [0.1, 0.15) is 49.3 Å². The summed E-state index contributed by atoms with van der Waals surface area (Å²) in [6.07, 6.45) is 3.52. The number of imidazole rings is 1. The summed E-state index contributed by atoms with van der Waals surface area (Å²) >= 11 is 0. The van der Waals surface area contributed by atoms with E-state index in [9.17, 15) is 4.79 Å². The third kappa shape index (κ3) is 5.37. The van der Waals surface area contributed by atoms with E-state index < -0.39 is 0 Å². The van der Waals surface area contributed by atoms with Crippen molar-refractivity contribution in [2.24, 2.45) is 5.92 Å². The van der Waals surface area contributed by atoms with Gasteiger partial charge >= 0.3 is 0 Å². The number of nitrogens with zero attached hydrogens (tertiary/aromatic N) is 3. The molecule has 0 aliphatic carbocycles. The predicted molar refractivity (Wildman–Crippen MR) is 138 cm³/mol. The fourth-order valence-electron chi connectivity index (χ4n) is 4.69. The summed E-state index contributed by atoms with van der Waals surface area (Å²) in [5.74, 6) is 2.94. The normalized spacial score (nSPS) is 14.8. The second kappa shape index (κ2) is 11.0. The van der Waals surface area contributed by atoms with E-state index >= 15 is 0 Å².